The summed E-state index contributed by atoms with van der Waals surface area (Å²) in [6.45, 7) is 8.77. The molecule has 1 unspecified atom stereocenters. The van der Waals surface area contributed by atoms with Crippen LogP contribution in [-0.4, -0.2) is 46.9 Å². The van der Waals surface area contributed by atoms with E-state index in [4.69, 9.17) is 4.52 Å². The van der Waals surface area contributed by atoms with E-state index >= 15 is 0 Å². The van der Waals surface area contributed by atoms with Crippen LogP contribution in [-0.2, 0) is 12.0 Å². The number of benzene rings is 1. The lowest BCUT2D eigenvalue weighted by Crippen LogP contribution is -2.40. The Kier molecular flexibility index (Phi) is 8.60. The van der Waals surface area contributed by atoms with Crippen LogP contribution in [0.15, 0.2) is 44.7 Å². The Bertz CT molecular complexity index is 759. The van der Waals surface area contributed by atoms with E-state index in [-0.39, 0.29) is 29.4 Å². The molecule has 2 aromatic rings. The zero-order valence-electron chi connectivity index (χ0n) is 17.0. The van der Waals surface area contributed by atoms with Gasteiger partial charge in [0.1, 0.15) is 0 Å². The number of aliphatic imine (C=N–C) groups is 1. The van der Waals surface area contributed by atoms with E-state index in [0.717, 1.165) is 24.8 Å². The van der Waals surface area contributed by atoms with Gasteiger partial charge >= 0.3 is 0 Å². The first-order valence-corrected chi connectivity index (χ1v) is 10.4. The van der Waals surface area contributed by atoms with Gasteiger partial charge in [0.2, 0.25) is 5.89 Å². The van der Waals surface area contributed by atoms with E-state index in [1.165, 1.54) is 11.3 Å². The third kappa shape index (κ3) is 6.37. The molecule has 28 heavy (non-hydrogen) atoms. The van der Waals surface area contributed by atoms with Crippen molar-refractivity contribution in [3.05, 3.63) is 42.0 Å². The third-order valence-electron chi connectivity index (χ3n) is 4.54. The van der Waals surface area contributed by atoms with Crippen LogP contribution in [0.1, 0.15) is 38.9 Å². The maximum Gasteiger partial charge on any atom is 0.232 e. The SMILES string of the molecule is CN=C(NCc1noc(C(C)(C)C)n1)N1CCC(CSc2ccccc2)C1.I. The molecule has 1 N–H and O–H groups in total. The van der Waals surface area contributed by atoms with Crippen LogP contribution in [0.2, 0.25) is 0 Å². The molecule has 0 spiro atoms. The fourth-order valence-corrected chi connectivity index (χ4v) is 4.06. The second-order valence-electron chi connectivity index (χ2n) is 7.89. The van der Waals surface area contributed by atoms with Gasteiger partial charge in [-0.2, -0.15) is 4.98 Å². The maximum absolute atomic E-state index is 5.35. The Labute approximate surface area is 189 Å². The summed E-state index contributed by atoms with van der Waals surface area (Å²) in [5.74, 6) is 4.04. The summed E-state index contributed by atoms with van der Waals surface area (Å²) in [6.07, 6.45) is 1.19. The molecule has 0 saturated carbocycles. The number of hydrogen-bond acceptors (Lipinski definition) is 5. The highest BCUT2D eigenvalue weighted by Crippen LogP contribution is 2.26. The van der Waals surface area contributed by atoms with Crippen LogP contribution in [0.5, 0.6) is 0 Å². The Morgan fingerprint density at radius 1 is 1.32 bits per heavy atom. The topological polar surface area (TPSA) is 66.5 Å². The first-order valence-electron chi connectivity index (χ1n) is 9.42. The van der Waals surface area contributed by atoms with Crippen LogP contribution in [0.25, 0.3) is 0 Å². The van der Waals surface area contributed by atoms with E-state index < -0.39 is 0 Å². The molecule has 1 fully saturated rings. The van der Waals surface area contributed by atoms with Gasteiger partial charge < -0.3 is 14.7 Å². The van der Waals surface area contributed by atoms with Crippen LogP contribution in [0.3, 0.4) is 0 Å². The molecule has 1 aliphatic rings. The van der Waals surface area contributed by atoms with Gasteiger partial charge in [0.15, 0.2) is 11.8 Å². The summed E-state index contributed by atoms with van der Waals surface area (Å²) in [4.78, 5) is 12.6. The van der Waals surface area contributed by atoms with E-state index in [1.807, 2.05) is 18.8 Å². The van der Waals surface area contributed by atoms with Crippen molar-refractivity contribution in [3.63, 3.8) is 0 Å². The minimum Gasteiger partial charge on any atom is -0.349 e. The summed E-state index contributed by atoms with van der Waals surface area (Å²) >= 11 is 1.93. The highest BCUT2D eigenvalue weighted by atomic mass is 127. The van der Waals surface area contributed by atoms with Gasteiger partial charge in [0.05, 0.1) is 6.54 Å². The Hall–Kier alpha value is -1.29. The quantitative estimate of drug-likeness (QED) is 0.279. The summed E-state index contributed by atoms with van der Waals surface area (Å²) in [5, 5.41) is 7.44. The van der Waals surface area contributed by atoms with Gasteiger partial charge in [0.25, 0.3) is 0 Å². The van der Waals surface area contributed by atoms with Crippen molar-refractivity contribution in [2.75, 3.05) is 25.9 Å². The largest absolute Gasteiger partial charge is 0.349 e. The number of thioether (sulfide) groups is 1. The normalized spacial score (nSPS) is 17.5. The highest BCUT2D eigenvalue weighted by molar-refractivity contribution is 14.0. The minimum atomic E-state index is -0.133. The van der Waals surface area contributed by atoms with E-state index in [2.05, 4.69) is 76.5 Å². The minimum absolute atomic E-state index is 0. The molecule has 2 heterocycles. The van der Waals surface area contributed by atoms with Crippen molar-refractivity contribution in [1.29, 1.82) is 0 Å². The Morgan fingerprint density at radius 3 is 2.71 bits per heavy atom. The van der Waals surface area contributed by atoms with Gasteiger partial charge in [-0.25, -0.2) is 0 Å². The molecule has 0 bridgehead atoms. The molecule has 154 valence electrons. The third-order valence-corrected chi connectivity index (χ3v) is 5.78. The zero-order chi connectivity index (χ0) is 19.3. The van der Waals surface area contributed by atoms with Crippen LogP contribution in [0, 0.1) is 5.92 Å². The molecule has 8 heteroatoms. The number of likely N-dealkylation sites (tertiary alicyclic amines) is 1. The van der Waals surface area contributed by atoms with Crippen molar-refractivity contribution in [2.24, 2.45) is 10.9 Å². The van der Waals surface area contributed by atoms with Crippen molar-refractivity contribution in [1.82, 2.24) is 20.4 Å². The predicted octanol–water partition coefficient (Wildman–Crippen LogP) is 4.17. The highest BCUT2D eigenvalue weighted by Gasteiger charge is 2.26. The van der Waals surface area contributed by atoms with Crippen LogP contribution < -0.4 is 5.32 Å². The number of nitrogens with zero attached hydrogens (tertiary/aromatic N) is 4. The molecule has 0 radical (unpaired) electrons. The maximum atomic E-state index is 5.35. The van der Waals surface area contributed by atoms with E-state index in [0.29, 0.717) is 24.2 Å². The van der Waals surface area contributed by atoms with Gasteiger partial charge in [0, 0.05) is 36.2 Å². The molecule has 1 aliphatic heterocycles. The van der Waals surface area contributed by atoms with Crippen molar-refractivity contribution in [3.8, 4) is 0 Å². The zero-order valence-corrected chi connectivity index (χ0v) is 20.2. The average molecular weight is 515 g/mol. The summed E-state index contributed by atoms with van der Waals surface area (Å²) in [6, 6.07) is 10.6. The summed E-state index contributed by atoms with van der Waals surface area (Å²) < 4.78 is 5.35. The fraction of sp³-hybridized carbons (Fsp3) is 0.550. The van der Waals surface area contributed by atoms with Gasteiger partial charge in [-0.1, -0.05) is 44.1 Å². The first kappa shape index (κ1) is 23.0. The van der Waals surface area contributed by atoms with Crippen LogP contribution >= 0.6 is 35.7 Å². The lowest BCUT2D eigenvalue weighted by Gasteiger charge is -2.21. The number of hydrogen-bond donors (Lipinski definition) is 1. The van der Waals surface area contributed by atoms with E-state index in [9.17, 15) is 0 Å². The monoisotopic (exact) mass is 515 g/mol. The second-order valence-corrected chi connectivity index (χ2v) is 8.98. The number of halogens is 1. The van der Waals surface area contributed by atoms with Crippen molar-refractivity contribution >= 4 is 41.7 Å². The first-order chi connectivity index (χ1) is 13.0. The van der Waals surface area contributed by atoms with Crippen molar-refractivity contribution in [2.45, 2.75) is 44.0 Å². The molecule has 0 aliphatic carbocycles. The fourth-order valence-electron chi connectivity index (χ4n) is 3.01. The molecule has 1 saturated heterocycles. The molecule has 0 amide bonds. The lowest BCUT2D eigenvalue weighted by molar-refractivity contribution is 0.318. The van der Waals surface area contributed by atoms with Gasteiger partial charge in [-0.15, -0.1) is 35.7 Å². The van der Waals surface area contributed by atoms with Crippen molar-refractivity contribution < 1.29 is 4.52 Å². The molecular weight excluding hydrogens is 485 g/mol. The second kappa shape index (κ2) is 10.5. The summed E-state index contributed by atoms with van der Waals surface area (Å²) in [5.41, 5.74) is -0.133. The number of nitrogens with one attached hydrogen (secondary N) is 1. The Balaban J connectivity index is 0.00000280. The molecular formula is C20H30IN5OS. The van der Waals surface area contributed by atoms with Gasteiger partial charge in [-0.05, 0) is 24.5 Å². The average Bonchev–Trinajstić information content (AvgIpc) is 3.31. The number of rotatable bonds is 5. The van der Waals surface area contributed by atoms with Gasteiger partial charge in [-0.3, -0.25) is 4.99 Å². The number of aromatic nitrogens is 2. The Morgan fingerprint density at radius 2 is 2.07 bits per heavy atom. The van der Waals surface area contributed by atoms with Crippen LogP contribution in [0.4, 0.5) is 0 Å². The smallest absolute Gasteiger partial charge is 0.232 e. The lowest BCUT2D eigenvalue weighted by atomic mass is 9.97. The van der Waals surface area contributed by atoms with E-state index in [1.54, 1.807) is 0 Å². The standard InChI is InChI=1S/C20H29N5OS.HI/c1-20(2,3)18-23-17(24-26-18)12-22-19(21-4)25-11-10-15(13-25)14-27-16-8-6-5-7-9-16;/h5-9,15H,10-14H2,1-4H3,(H,21,22);1H. The number of guanidine groups is 1. The molecule has 3 rings (SSSR count). The molecule has 1 aromatic carbocycles. The molecule has 6 nitrogen and oxygen atoms in total. The molecule has 1 atom stereocenters. The summed E-state index contributed by atoms with van der Waals surface area (Å²) in [7, 11) is 1.82. The molecule has 1 aromatic heterocycles. The predicted molar refractivity (Wildman–Crippen MR) is 125 cm³/mol.